The van der Waals surface area contributed by atoms with Crippen LogP contribution in [0.3, 0.4) is 0 Å². The minimum absolute atomic E-state index is 0.0976. The molecule has 0 aromatic carbocycles. The number of hydrogen-bond donors (Lipinski definition) is 1. The summed E-state index contributed by atoms with van der Waals surface area (Å²) < 4.78 is 10.1. The summed E-state index contributed by atoms with van der Waals surface area (Å²) in [5.74, 6) is 0.583. The van der Waals surface area contributed by atoms with E-state index in [-0.39, 0.29) is 11.8 Å². The molecule has 0 aliphatic heterocycles. The molecule has 1 heterocycles. The highest BCUT2D eigenvalue weighted by Crippen LogP contribution is 2.21. The minimum Gasteiger partial charge on any atom is -0.463 e. The fourth-order valence-electron chi connectivity index (χ4n) is 2.31. The van der Waals surface area contributed by atoms with Crippen molar-refractivity contribution in [1.29, 1.82) is 0 Å². The summed E-state index contributed by atoms with van der Waals surface area (Å²) in [6, 6.07) is 3.57. The molecule has 1 N–H and O–H groups in total. The fourth-order valence-corrected chi connectivity index (χ4v) is 2.31. The largest absolute Gasteiger partial charge is 0.463 e. The van der Waals surface area contributed by atoms with Crippen molar-refractivity contribution in [2.45, 2.75) is 38.6 Å². The molecule has 0 bridgehead atoms. The molecule has 0 fully saturated rings. The Bertz CT molecular complexity index is 462. The maximum atomic E-state index is 11.3. The van der Waals surface area contributed by atoms with Crippen molar-refractivity contribution in [2.75, 3.05) is 13.7 Å². The average Bonchev–Trinajstić information content (AvgIpc) is 3.08. The van der Waals surface area contributed by atoms with Gasteiger partial charge < -0.3 is 14.5 Å². The number of furan rings is 1. The van der Waals surface area contributed by atoms with Crippen molar-refractivity contribution >= 4 is 5.97 Å². The van der Waals surface area contributed by atoms with Gasteiger partial charge in [0.25, 0.3) is 0 Å². The lowest BCUT2D eigenvalue weighted by Gasteiger charge is -2.11. The van der Waals surface area contributed by atoms with E-state index in [0.29, 0.717) is 0 Å². The first kappa shape index (κ1) is 13.9. The molecule has 1 aromatic rings. The van der Waals surface area contributed by atoms with E-state index in [9.17, 15) is 4.79 Å². The highest BCUT2D eigenvalue weighted by atomic mass is 16.5. The normalized spacial score (nSPS) is 16.2. The van der Waals surface area contributed by atoms with Crippen LogP contribution in [-0.4, -0.2) is 19.6 Å². The first-order chi connectivity index (χ1) is 9.20. The van der Waals surface area contributed by atoms with Gasteiger partial charge in [0.15, 0.2) is 0 Å². The van der Waals surface area contributed by atoms with Crippen LogP contribution < -0.4 is 5.32 Å². The molecule has 104 valence electrons. The third-order valence-corrected chi connectivity index (χ3v) is 3.47. The minimum atomic E-state index is -0.436. The standard InChI is InChI=1S/C15H21NO3/c1-11(16-10-9-12-5-3-4-6-12)13-7-8-14(19-13)15(17)18-2/h5,7-8,11,16H,3-4,6,9-10H2,1-2H3. The lowest BCUT2D eigenvalue weighted by Crippen LogP contribution is -2.19. The first-order valence-corrected chi connectivity index (χ1v) is 6.80. The number of allylic oxidation sites excluding steroid dienone is 1. The van der Waals surface area contributed by atoms with Crippen molar-refractivity contribution in [1.82, 2.24) is 5.32 Å². The van der Waals surface area contributed by atoms with Gasteiger partial charge in [-0.15, -0.1) is 0 Å². The van der Waals surface area contributed by atoms with Crippen molar-refractivity contribution in [2.24, 2.45) is 0 Å². The van der Waals surface area contributed by atoms with E-state index in [1.54, 1.807) is 11.6 Å². The van der Waals surface area contributed by atoms with E-state index < -0.39 is 5.97 Å². The second kappa shape index (κ2) is 6.57. The highest BCUT2D eigenvalue weighted by molar-refractivity contribution is 5.86. The zero-order valence-electron chi connectivity index (χ0n) is 11.6. The van der Waals surface area contributed by atoms with Gasteiger partial charge in [0.2, 0.25) is 5.76 Å². The Labute approximate surface area is 113 Å². The van der Waals surface area contributed by atoms with E-state index in [4.69, 9.17) is 4.42 Å². The maximum Gasteiger partial charge on any atom is 0.373 e. The number of ether oxygens (including phenoxy) is 1. The molecule has 4 heteroatoms. The number of esters is 1. The molecular weight excluding hydrogens is 242 g/mol. The SMILES string of the molecule is COC(=O)c1ccc(C(C)NCCC2=CCCC2)o1. The highest BCUT2D eigenvalue weighted by Gasteiger charge is 2.15. The molecule has 1 aliphatic rings. The van der Waals surface area contributed by atoms with Crippen LogP contribution >= 0.6 is 0 Å². The number of methoxy groups -OCH3 is 1. The monoisotopic (exact) mass is 263 g/mol. The summed E-state index contributed by atoms with van der Waals surface area (Å²) in [6.07, 6.45) is 7.20. The Kier molecular flexibility index (Phi) is 4.80. The molecule has 1 aliphatic carbocycles. The van der Waals surface area contributed by atoms with E-state index in [1.807, 2.05) is 13.0 Å². The van der Waals surface area contributed by atoms with Crippen LogP contribution in [0, 0.1) is 0 Å². The van der Waals surface area contributed by atoms with Crippen LogP contribution in [0.2, 0.25) is 0 Å². The number of hydrogen-bond acceptors (Lipinski definition) is 4. The van der Waals surface area contributed by atoms with Gasteiger partial charge in [0, 0.05) is 0 Å². The smallest absolute Gasteiger partial charge is 0.373 e. The summed E-state index contributed by atoms with van der Waals surface area (Å²) in [6.45, 7) is 2.96. The Morgan fingerprint density at radius 2 is 2.37 bits per heavy atom. The van der Waals surface area contributed by atoms with Gasteiger partial charge in [-0.25, -0.2) is 4.79 Å². The fraction of sp³-hybridized carbons (Fsp3) is 0.533. The Hall–Kier alpha value is -1.55. The van der Waals surface area contributed by atoms with E-state index in [0.717, 1.165) is 18.7 Å². The van der Waals surface area contributed by atoms with Crippen molar-refractivity contribution in [3.05, 3.63) is 35.3 Å². The Balaban J connectivity index is 1.80. The van der Waals surface area contributed by atoms with Crippen LogP contribution in [0.15, 0.2) is 28.2 Å². The predicted molar refractivity (Wildman–Crippen MR) is 73.0 cm³/mol. The van der Waals surface area contributed by atoms with Gasteiger partial charge in [0.05, 0.1) is 13.2 Å². The quantitative estimate of drug-likeness (QED) is 0.632. The van der Waals surface area contributed by atoms with Gasteiger partial charge in [-0.2, -0.15) is 0 Å². The number of carbonyl (C=O) groups is 1. The van der Waals surface area contributed by atoms with Gasteiger partial charge >= 0.3 is 5.97 Å². The number of nitrogens with one attached hydrogen (secondary N) is 1. The Morgan fingerprint density at radius 1 is 1.53 bits per heavy atom. The van der Waals surface area contributed by atoms with Crippen molar-refractivity contribution < 1.29 is 13.9 Å². The zero-order valence-corrected chi connectivity index (χ0v) is 11.6. The first-order valence-electron chi connectivity index (χ1n) is 6.80. The molecule has 1 aromatic heterocycles. The van der Waals surface area contributed by atoms with E-state index in [2.05, 4.69) is 16.1 Å². The topological polar surface area (TPSA) is 51.5 Å². The molecule has 4 nitrogen and oxygen atoms in total. The molecule has 19 heavy (non-hydrogen) atoms. The molecule has 0 spiro atoms. The Morgan fingerprint density at radius 3 is 3.05 bits per heavy atom. The molecule has 0 saturated carbocycles. The van der Waals surface area contributed by atoms with Crippen LogP contribution in [0.5, 0.6) is 0 Å². The second-order valence-electron chi connectivity index (χ2n) is 4.87. The maximum absolute atomic E-state index is 11.3. The predicted octanol–water partition coefficient (Wildman–Crippen LogP) is 3.22. The summed E-state index contributed by atoms with van der Waals surface area (Å²) in [5.41, 5.74) is 1.55. The summed E-state index contributed by atoms with van der Waals surface area (Å²) in [7, 11) is 1.35. The van der Waals surface area contributed by atoms with E-state index >= 15 is 0 Å². The second-order valence-corrected chi connectivity index (χ2v) is 4.87. The van der Waals surface area contributed by atoms with Crippen LogP contribution in [0.4, 0.5) is 0 Å². The molecule has 1 atom stereocenters. The van der Waals surface area contributed by atoms with Crippen molar-refractivity contribution in [3.63, 3.8) is 0 Å². The van der Waals surface area contributed by atoms with Crippen LogP contribution in [0.1, 0.15) is 55.0 Å². The van der Waals surface area contributed by atoms with Gasteiger partial charge in [0.1, 0.15) is 5.76 Å². The molecule has 0 amide bonds. The zero-order chi connectivity index (χ0) is 13.7. The summed E-state index contributed by atoms with van der Waals surface area (Å²) >= 11 is 0. The van der Waals surface area contributed by atoms with Crippen LogP contribution in [0.25, 0.3) is 0 Å². The van der Waals surface area contributed by atoms with Gasteiger partial charge in [-0.1, -0.05) is 11.6 Å². The molecule has 2 rings (SSSR count). The average molecular weight is 263 g/mol. The molecule has 0 radical (unpaired) electrons. The lowest BCUT2D eigenvalue weighted by atomic mass is 10.1. The van der Waals surface area contributed by atoms with Gasteiger partial charge in [-0.05, 0) is 51.3 Å². The summed E-state index contributed by atoms with van der Waals surface area (Å²) in [5, 5.41) is 3.41. The third-order valence-electron chi connectivity index (χ3n) is 3.47. The number of rotatable bonds is 6. The molecular formula is C15H21NO3. The van der Waals surface area contributed by atoms with Gasteiger partial charge in [-0.3, -0.25) is 0 Å². The third kappa shape index (κ3) is 3.70. The molecule has 0 saturated heterocycles. The summed E-state index contributed by atoms with van der Waals surface area (Å²) in [4.78, 5) is 11.3. The van der Waals surface area contributed by atoms with E-state index in [1.165, 1.54) is 26.4 Å². The molecule has 1 unspecified atom stereocenters. The van der Waals surface area contributed by atoms with Crippen molar-refractivity contribution in [3.8, 4) is 0 Å². The lowest BCUT2D eigenvalue weighted by molar-refractivity contribution is 0.0562. The number of carbonyl (C=O) groups excluding carboxylic acids is 1. The van der Waals surface area contributed by atoms with Crippen LogP contribution in [-0.2, 0) is 4.74 Å².